The van der Waals surface area contributed by atoms with Crippen molar-refractivity contribution < 1.29 is 0 Å². The Labute approximate surface area is 148 Å². The molecule has 4 heteroatoms. The van der Waals surface area contributed by atoms with E-state index in [0.29, 0.717) is 6.04 Å². The van der Waals surface area contributed by atoms with Gasteiger partial charge in [-0.05, 0) is 77.8 Å². The maximum Gasteiger partial charge on any atom is 0.0318 e. The van der Waals surface area contributed by atoms with Gasteiger partial charge in [0, 0.05) is 24.8 Å². The van der Waals surface area contributed by atoms with Gasteiger partial charge in [0.25, 0.3) is 0 Å². The maximum absolute atomic E-state index is 3.70. The first-order valence-corrected chi connectivity index (χ1v) is 9.46. The molecule has 0 amide bonds. The topological polar surface area (TPSA) is 12.0 Å². The van der Waals surface area contributed by atoms with Crippen LogP contribution in [-0.4, -0.2) is 6.54 Å². The van der Waals surface area contributed by atoms with E-state index in [0.717, 1.165) is 21.9 Å². The first-order valence-electron chi connectivity index (χ1n) is 7.06. The highest BCUT2D eigenvalue weighted by Crippen LogP contribution is 2.35. The van der Waals surface area contributed by atoms with Crippen molar-refractivity contribution in [1.82, 2.24) is 5.32 Å². The number of hydrogen-bond donors (Lipinski definition) is 1. The molecule has 0 saturated heterocycles. The molecule has 0 aliphatic rings. The molecule has 2 aromatic rings. The Morgan fingerprint density at radius 3 is 2.43 bits per heavy atom. The number of halogens is 2. The molecule has 2 aromatic carbocycles. The molecule has 21 heavy (non-hydrogen) atoms. The molecular weight excluding hydrogens is 410 g/mol. The van der Waals surface area contributed by atoms with Crippen molar-refractivity contribution in [3.05, 3.63) is 57.0 Å². The van der Waals surface area contributed by atoms with Crippen LogP contribution in [0.25, 0.3) is 0 Å². The van der Waals surface area contributed by atoms with Gasteiger partial charge in [0.15, 0.2) is 0 Å². The second-order valence-electron chi connectivity index (χ2n) is 4.92. The van der Waals surface area contributed by atoms with Crippen LogP contribution in [0.5, 0.6) is 0 Å². The fraction of sp³-hybridized carbons (Fsp3) is 0.294. The van der Waals surface area contributed by atoms with E-state index in [-0.39, 0.29) is 0 Å². The van der Waals surface area contributed by atoms with Gasteiger partial charge in [-0.1, -0.05) is 40.7 Å². The van der Waals surface area contributed by atoms with Crippen molar-refractivity contribution in [2.45, 2.75) is 36.1 Å². The molecule has 0 spiro atoms. The fourth-order valence-corrected chi connectivity index (χ4v) is 3.70. The minimum absolute atomic E-state index is 0.382. The van der Waals surface area contributed by atoms with Crippen LogP contribution in [0.2, 0.25) is 0 Å². The molecule has 0 fully saturated rings. The summed E-state index contributed by atoms with van der Waals surface area (Å²) >= 11 is 8.94. The van der Waals surface area contributed by atoms with E-state index in [1.807, 2.05) is 0 Å². The second kappa shape index (κ2) is 8.37. The van der Waals surface area contributed by atoms with Crippen LogP contribution in [0, 0.1) is 0 Å². The standard InChI is InChI=1S/C17H19Br2NS/c1-3-10-20-12(2)13-4-9-17(16(19)11-13)21-15-7-5-14(18)6-8-15/h4-9,11-12,20H,3,10H2,1-2H3. The van der Waals surface area contributed by atoms with Gasteiger partial charge in [0.05, 0.1) is 0 Å². The minimum atomic E-state index is 0.382. The van der Waals surface area contributed by atoms with E-state index in [9.17, 15) is 0 Å². The van der Waals surface area contributed by atoms with Crippen molar-refractivity contribution in [3.8, 4) is 0 Å². The third-order valence-corrected chi connectivity index (χ3v) is 5.73. The van der Waals surface area contributed by atoms with Gasteiger partial charge in [-0.25, -0.2) is 0 Å². The van der Waals surface area contributed by atoms with Gasteiger partial charge in [-0.15, -0.1) is 0 Å². The van der Waals surface area contributed by atoms with E-state index < -0.39 is 0 Å². The van der Waals surface area contributed by atoms with Crippen LogP contribution in [-0.2, 0) is 0 Å². The summed E-state index contributed by atoms with van der Waals surface area (Å²) in [5.41, 5.74) is 1.32. The largest absolute Gasteiger partial charge is 0.310 e. The molecule has 0 aliphatic heterocycles. The molecule has 0 aromatic heterocycles. The van der Waals surface area contributed by atoms with E-state index in [2.05, 4.69) is 93.5 Å². The Bertz CT molecular complexity index is 584. The Kier molecular flexibility index (Phi) is 6.80. The van der Waals surface area contributed by atoms with Crippen LogP contribution in [0.3, 0.4) is 0 Å². The Morgan fingerprint density at radius 2 is 1.81 bits per heavy atom. The number of rotatable bonds is 6. The van der Waals surface area contributed by atoms with Gasteiger partial charge in [0.2, 0.25) is 0 Å². The van der Waals surface area contributed by atoms with E-state index in [4.69, 9.17) is 0 Å². The van der Waals surface area contributed by atoms with Crippen molar-refractivity contribution in [2.24, 2.45) is 0 Å². The average molecular weight is 429 g/mol. The van der Waals surface area contributed by atoms with E-state index in [1.165, 1.54) is 15.4 Å². The fourth-order valence-electron chi connectivity index (χ4n) is 1.98. The molecule has 0 radical (unpaired) electrons. The quantitative estimate of drug-likeness (QED) is 0.569. The van der Waals surface area contributed by atoms with Crippen molar-refractivity contribution in [3.63, 3.8) is 0 Å². The van der Waals surface area contributed by atoms with E-state index >= 15 is 0 Å². The molecule has 0 heterocycles. The lowest BCUT2D eigenvalue weighted by Crippen LogP contribution is -2.19. The average Bonchev–Trinajstić information content (AvgIpc) is 2.49. The molecule has 2 rings (SSSR count). The smallest absolute Gasteiger partial charge is 0.0318 e. The third kappa shape index (κ3) is 5.13. The number of hydrogen-bond acceptors (Lipinski definition) is 2. The van der Waals surface area contributed by atoms with Crippen LogP contribution in [0.15, 0.2) is 61.2 Å². The van der Waals surface area contributed by atoms with Crippen LogP contribution < -0.4 is 5.32 Å². The summed E-state index contributed by atoms with van der Waals surface area (Å²) in [7, 11) is 0. The summed E-state index contributed by atoms with van der Waals surface area (Å²) in [6.07, 6.45) is 1.16. The summed E-state index contributed by atoms with van der Waals surface area (Å²) in [5.74, 6) is 0. The summed E-state index contributed by atoms with van der Waals surface area (Å²) in [4.78, 5) is 2.48. The highest BCUT2D eigenvalue weighted by molar-refractivity contribution is 9.10. The highest BCUT2D eigenvalue weighted by atomic mass is 79.9. The molecule has 0 aliphatic carbocycles. The Hall–Kier alpha value is -0.290. The highest BCUT2D eigenvalue weighted by Gasteiger charge is 2.08. The Morgan fingerprint density at radius 1 is 1.10 bits per heavy atom. The van der Waals surface area contributed by atoms with Gasteiger partial charge in [-0.3, -0.25) is 0 Å². The SMILES string of the molecule is CCCNC(C)c1ccc(Sc2ccc(Br)cc2)c(Br)c1. The predicted molar refractivity (Wildman–Crippen MR) is 99.1 cm³/mol. The normalized spacial score (nSPS) is 12.4. The molecule has 0 bridgehead atoms. The summed E-state index contributed by atoms with van der Waals surface area (Å²) in [5, 5.41) is 3.52. The van der Waals surface area contributed by atoms with Crippen LogP contribution in [0.1, 0.15) is 31.9 Å². The molecule has 1 nitrogen and oxygen atoms in total. The maximum atomic E-state index is 3.70. The van der Waals surface area contributed by atoms with Crippen molar-refractivity contribution in [2.75, 3.05) is 6.54 Å². The lowest BCUT2D eigenvalue weighted by Gasteiger charge is -2.15. The molecule has 1 atom stereocenters. The monoisotopic (exact) mass is 427 g/mol. The first kappa shape index (κ1) is 17.1. The van der Waals surface area contributed by atoms with Gasteiger partial charge in [-0.2, -0.15) is 0 Å². The van der Waals surface area contributed by atoms with Crippen LogP contribution >= 0.6 is 43.6 Å². The van der Waals surface area contributed by atoms with Gasteiger partial charge in [0.1, 0.15) is 0 Å². The number of benzene rings is 2. The minimum Gasteiger partial charge on any atom is -0.310 e. The number of nitrogens with one attached hydrogen (secondary N) is 1. The van der Waals surface area contributed by atoms with Gasteiger partial charge < -0.3 is 5.32 Å². The first-order chi connectivity index (χ1) is 10.1. The van der Waals surface area contributed by atoms with Crippen molar-refractivity contribution >= 4 is 43.6 Å². The zero-order valence-corrected chi connectivity index (χ0v) is 16.2. The van der Waals surface area contributed by atoms with E-state index in [1.54, 1.807) is 11.8 Å². The molecule has 0 saturated carbocycles. The zero-order chi connectivity index (χ0) is 15.2. The lowest BCUT2D eigenvalue weighted by molar-refractivity contribution is 0.570. The molecule has 1 unspecified atom stereocenters. The molecule has 112 valence electrons. The van der Waals surface area contributed by atoms with Crippen LogP contribution in [0.4, 0.5) is 0 Å². The summed E-state index contributed by atoms with van der Waals surface area (Å²) < 4.78 is 2.26. The summed E-state index contributed by atoms with van der Waals surface area (Å²) in [6, 6.07) is 15.4. The van der Waals surface area contributed by atoms with Gasteiger partial charge >= 0.3 is 0 Å². The molecular formula is C17H19Br2NS. The Balaban J connectivity index is 2.10. The second-order valence-corrected chi connectivity index (χ2v) is 7.81. The zero-order valence-electron chi connectivity index (χ0n) is 12.2. The lowest BCUT2D eigenvalue weighted by atomic mass is 10.1. The van der Waals surface area contributed by atoms with Crippen molar-refractivity contribution in [1.29, 1.82) is 0 Å². The molecule has 1 N–H and O–H groups in total. The predicted octanol–water partition coefficient (Wildman–Crippen LogP) is 6.42. The summed E-state index contributed by atoms with van der Waals surface area (Å²) in [6.45, 7) is 5.45. The third-order valence-electron chi connectivity index (χ3n) is 3.20.